The lowest BCUT2D eigenvalue weighted by atomic mass is 10.1. The number of rotatable bonds is 8. The molecule has 2 aromatic heterocycles. The molecule has 0 unspecified atom stereocenters. The summed E-state index contributed by atoms with van der Waals surface area (Å²) >= 11 is 0. The van der Waals surface area contributed by atoms with Gasteiger partial charge in [-0.1, -0.05) is 0 Å². The largest absolute Gasteiger partial charge is 0.467 e. The minimum atomic E-state index is -0.242. The molecule has 3 rings (SSSR count). The number of pyridine rings is 1. The molecule has 0 atom stereocenters. The second-order valence-electron chi connectivity index (χ2n) is 6.49. The molecule has 0 spiro atoms. The Labute approximate surface area is 165 Å². The molecule has 2 N–H and O–H groups in total. The van der Waals surface area contributed by atoms with Crippen LogP contribution >= 0.6 is 0 Å². The van der Waals surface area contributed by atoms with Gasteiger partial charge in [0.05, 0.1) is 12.8 Å². The molecule has 0 aliphatic carbocycles. The summed E-state index contributed by atoms with van der Waals surface area (Å²) in [5.41, 5.74) is 4.53. The summed E-state index contributed by atoms with van der Waals surface area (Å²) < 4.78 is 5.23. The molecule has 0 bridgehead atoms. The maximum absolute atomic E-state index is 12.3. The first-order valence-electron chi connectivity index (χ1n) is 9.50. The molecule has 6 heteroatoms. The highest BCUT2D eigenvalue weighted by Crippen LogP contribution is 2.25. The molecule has 1 amide bonds. The molecule has 0 radical (unpaired) electrons. The van der Waals surface area contributed by atoms with Crippen LogP contribution in [0.3, 0.4) is 0 Å². The van der Waals surface area contributed by atoms with Crippen molar-refractivity contribution >= 4 is 23.0 Å². The van der Waals surface area contributed by atoms with Crippen LogP contribution < -0.4 is 15.5 Å². The quantitative estimate of drug-likeness (QED) is 0.604. The Kier molecular flexibility index (Phi) is 6.32. The van der Waals surface area contributed by atoms with Crippen LogP contribution in [0.4, 0.5) is 17.1 Å². The maximum Gasteiger partial charge on any atom is 0.270 e. The van der Waals surface area contributed by atoms with E-state index in [0.717, 1.165) is 30.0 Å². The van der Waals surface area contributed by atoms with Crippen molar-refractivity contribution in [2.75, 3.05) is 23.3 Å². The number of carbonyl (C=O) groups excluding carboxylic acids is 1. The summed E-state index contributed by atoms with van der Waals surface area (Å²) in [4.78, 5) is 18.8. The molecule has 2 heterocycles. The first kappa shape index (κ1) is 19.5. The van der Waals surface area contributed by atoms with Gasteiger partial charge in [-0.2, -0.15) is 0 Å². The number of nitrogens with one attached hydrogen (secondary N) is 2. The van der Waals surface area contributed by atoms with Gasteiger partial charge in [-0.05, 0) is 68.8 Å². The molecular formula is C22H26N4O2. The summed E-state index contributed by atoms with van der Waals surface area (Å²) in [6.45, 7) is 8.67. The van der Waals surface area contributed by atoms with Crippen molar-refractivity contribution in [2.24, 2.45) is 0 Å². The molecule has 28 heavy (non-hydrogen) atoms. The van der Waals surface area contributed by atoms with Crippen molar-refractivity contribution in [1.29, 1.82) is 0 Å². The summed E-state index contributed by atoms with van der Waals surface area (Å²) in [6, 6.07) is 13.6. The Morgan fingerprint density at radius 3 is 2.64 bits per heavy atom. The Balaban J connectivity index is 1.69. The predicted octanol–water partition coefficient (Wildman–Crippen LogP) is 4.50. The van der Waals surface area contributed by atoms with Crippen LogP contribution in [0, 0.1) is 6.92 Å². The summed E-state index contributed by atoms with van der Waals surface area (Å²) in [6.07, 6.45) is 3.21. The molecule has 0 aliphatic heterocycles. The van der Waals surface area contributed by atoms with E-state index < -0.39 is 0 Å². The number of amides is 1. The molecule has 0 saturated heterocycles. The van der Waals surface area contributed by atoms with Crippen molar-refractivity contribution < 1.29 is 9.21 Å². The van der Waals surface area contributed by atoms with E-state index in [-0.39, 0.29) is 5.91 Å². The number of hydrogen-bond donors (Lipinski definition) is 2. The number of aryl methyl sites for hydroxylation is 1. The van der Waals surface area contributed by atoms with Crippen LogP contribution in [0.1, 0.15) is 35.7 Å². The number of benzene rings is 1. The zero-order valence-electron chi connectivity index (χ0n) is 16.5. The van der Waals surface area contributed by atoms with Crippen molar-refractivity contribution in [3.63, 3.8) is 0 Å². The van der Waals surface area contributed by atoms with E-state index in [0.29, 0.717) is 18.0 Å². The highest BCUT2D eigenvalue weighted by Gasteiger charge is 2.10. The van der Waals surface area contributed by atoms with Gasteiger partial charge >= 0.3 is 0 Å². The molecule has 0 saturated carbocycles. The van der Waals surface area contributed by atoms with Gasteiger partial charge in [0, 0.05) is 36.3 Å². The molecule has 0 fully saturated rings. The first-order chi connectivity index (χ1) is 13.6. The van der Waals surface area contributed by atoms with Gasteiger partial charge in [-0.25, -0.2) is 0 Å². The van der Waals surface area contributed by atoms with Crippen LogP contribution in [0.15, 0.2) is 59.3 Å². The SMILES string of the molecule is CCN(CC)c1ccc(Nc2ccnc(C(=O)NCc3ccco3)c2)c(C)c1. The third kappa shape index (κ3) is 4.71. The number of furan rings is 1. The van der Waals surface area contributed by atoms with Crippen LogP contribution in [0.5, 0.6) is 0 Å². The molecule has 3 aromatic rings. The normalized spacial score (nSPS) is 10.5. The fourth-order valence-corrected chi connectivity index (χ4v) is 3.03. The lowest BCUT2D eigenvalue weighted by molar-refractivity contribution is 0.0943. The minimum Gasteiger partial charge on any atom is -0.467 e. The van der Waals surface area contributed by atoms with Gasteiger partial charge < -0.3 is 20.0 Å². The molecule has 6 nitrogen and oxygen atoms in total. The number of anilines is 3. The molecule has 146 valence electrons. The second-order valence-corrected chi connectivity index (χ2v) is 6.49. The maximum atomic E-state index is 12.3. The highest BCUT2D eigenvalue weighted by atomic mass is 16.3. The Bertz CT molecular complexity index is 918. The monoisotopic (exact) mass is 378 g/mol. The Morgan fingerprint density at radius 2 is 1.96 bits per heavy atom. The van der Waals surface area contributed by atoms with Crippen molar-refractivity contribution in [3.05, 3.63) is 71.9 Å². The van der Waals surface area contributed by atoms with Crippen molar-refractivity contribution in [2.45, 2.75) is 27.3 Å². The van der Waals surface area contributed by atoms with E-state index in [2.05, 4.69) is 59.5 Å². The van der Waals surface area contributed by atoms with Gasteiger partial charge in [0.1, 0.15) is 11.5 Å². The summed E-state index contributed by atoms with van der Waals surface area (Å²) in [5, 5.41) is 6.19. The number of nitrogens with zero attached hydrogens (tertiary/aromatic N) is 2. The predicted molar refractivity (Wildman–Crippen MR) is 112 cm³/mol. The lowest BCUT2D eigenvalue weighted by Gasteiger charge is -2.22. The minimum absolute atomic E-state index is 0.242. The van der Waals surface area contributed by atoms with E-state index in [1.54, 1.807) is 24.6 Å². The smallest absolute Gasteiger partial charge is 0.270 e. The van der Waals surface area contributed by atoms with E-state index >= 15 is 0 Å². The van der Waals surface area contributed by atoms with Gasteiger partial charge in [0.25, 0.3) is 5.91 Å². The van der Waals surface area contributed by atoms with E-state index in [1.807, 2.05) is 12.1 Å². The fourth-order valence-electron chi connectivity index (χ4n) is 3.03. The van der Waals surface area contributed by atoms with Crippen molar-refractivity contribution in [3.8, 4) is 0 Å². The van der Waals surface area contributed by atoms with E-state index in [9.17, 15) is 4.79 Å². The third-order valence-electron chi connectivity index (χ3n) is 4.61. The van der Waals surface area contributed by atoms with Crippen LogP contribution in [0.2, 0.25) is 0 Å². The Hall–Kier alpha value is -3.28. The van der Waals surface area contributed by atoms with Gasteiger partial charge in [-0.3, -0.25) is 9.78 Å². The molecule has 1 aromatic carbocycles. The number of aromatic nitrogens is 1. The van der Waals surface area contributed by atoms with Gasteiger partial charge in [0.15, 0.2) is 0 Å². The van der Waals surface area contributed by atoms with E-state index in [4.69, 9.17) is 4.42 Å². The van der Waals surface area contributed by atoms with E-state index in [1.165, 1.54) is 5.69 Å². The lowest BCUT2D eigenvalue weighted by Crippen LogP contribution is -2.23. The van der Waals surface area contributed by atoms with Gasteiger partial charge in [0.2, 0.25) is 0 Å². The van der Waals surface area contributed by atoms with Crippen LogP contribution in [-0.2, 0) is 6.54 Å². The second kappa shape index (κ2) is 9.08. The molecular weight excluding hydrogens is 352 g/mol. The average Bonchev–Trinajstić information content (AvgIpc) is 3.23. The fraction of sp³-hybridized carbons (Fsp3) is 0.273. The number of hydrogen-bond acceptors (Lipinski definition) is 5. The standard InChI is InChI=1S/C22H26N4O2/c1-4-26(5-2)18-8-9-20(16(3)13-18)25-17-10-11-23-21(14-17)22(27)24-15-19-7-6-12-28-19/h6-14H,4-5,15H2,1-3H3,(H,23,25)(H,24,27). The summed E-state index contributed by atoms with van der Waals surface area (Å²) in [5.74, 6) is 0.459. The molecule has 0 aliphatic rings. The van der Waals surface area contributed by atoms with Gasteiger partial charge in [-0.15, -0.1) is 0 Å². The zero-order valence-corrected chi connectivity index (χ0v) is 16.5. The number of carbonyl (C=O) groups is 1. The van der Waals surface area contributed by atoms with Crippen LogP contribution in [0.25, 0.3) is 0 Å². The summed E-state index contributed by atoms with van der Waals surface area (Å²) in [7, 11) is 0. The Morgan fingerprint density at radius 1 is 1.14 bits per heavy atom. The topological polar surface area (TPSA) is 70.4 Å². The van der Waals surface area contributed by atoms with Crippen molar-refractivity contribution in [1.82, 2.24) is 10.3 Å². The first-order valence-corrected chi connectivity index (χ1v) is 9.50. The van der Waals surface area contributed by atoms with Crippen LogP contribution in [-0.4, -0.2) is 24.0 Å². The zero-order chi connectivity index (χ0) is 19.9. The average molecular weight is 378 g/mol. The third-order valence-corrected chi connectivity index (χ3v) is 4.61. The highest BCUT2D eigenvalue weighted by molar-refractivity contribution is 5.93.